The molecule has 2 heterocycles. The highest BCUT2D eigenvalue weighted by Crippen LogP contribution is 2.31. The van der Waals surface area contributed by atoms with Crippen molar-refractivity contribution in [2.75, 3.05) is 6.54 Å². The van der Waals surface area contributed by atoms with E-state index in [9.17, 15) is 4.79 Å². The van der Waals surface area contributed by atoms with Gasteiger partial charge in [-0.05, 0) is 43.4 Å². The molecular formula is C20H21N3O2. The first-order chi connectivity index (χ1) is 12.2. The van der Waals surface area contributed by atoms with Crippen LogP contribution in [-0.4, -0.2) is 27.5 Å². The zero-order chi connectivity index (χ0) is 17.2. The van der Waals surface area contributed by atoms with Gasteiger partial charge in [0.2, 0.25) is 0 Å². The number of nitrogens with one attached hydrogen (secondary N) is 1. The maximum absolute atomic E-state index is 13.0. The molecule has 1 aromatic carbocycles. The summed E-state index contributed by atoms with van der Waals surface area (Å²) < 4.78 is 5.60. The first-order valence-corrected chi connectivity index (χ1v) is 8.64. The predicted octanol–water partition coefficient (Wildman–Crippen LogP) is 4.03. The van der Waals surface area contributed by atoms with E-state index in [4.69, 9.17) is 4.42 Å². The van der Waals surface area contributed by atoms with E-state index in [-0.39, 0.29) is 5.91 Å². The van der Waals surface area contributed by atoms with E-state index in [2.05, 4.69) is 22.3 Å². The lowest BCUT2D eigenvalue weighted by Gasteiger charge is -2.21. The third-order valence-corrected chi connectivity index (χ3v) is 4.48. The Bertz CT molecular complexity index is 862. The van der Waals surface area contributed by atoms with Crippen molar-refractivity contribution in [1.29, 1.82) is 0 Å². The molecule has 128 valence electrons. The SMILES string of the molecule is Cc1ccc(-c2cc(C(=O)N(Cc3ccccc3)CC3CC3)n[nH]2)o1. The number of aromatic amines is 1. The number of benzene rings is 1. The minimum absolute atomic E-state index is 0.0402. The van der Waals surface area contributed by atoms with Gasteiger partial charge in [0.25, 0.3) is 5.91 Å². The molecule has 3 aromatic rings. The number of rotatable bonds is 6. The van der Waals surface area contributed by atoms with Crippen molar-refractivity contribution in [3.63, 3.8) is 0 Å². The summed E-state index contributed by atoms with van der Waals surface area (Å²) in [5.74, 6) is 2.11. The van der Waals surface area contributed by atoms with Crippen LogP contribution in [0.4, 0.5) is 0 Å². The van der Waals surface area contributed by atoms with Crippen LogP contribution in [0.5, 0.6) is 0 Å². The van der Waals surface area contributed by atoms with Crippen molar-refractivity contribution in [2.24, 2.45) is 5.92 Å². The first-order valence-electron chi connectivity index (χ1n) is 8.64. The van der Waals surface area contributed by atoms with E-state index >= 15 is 0 Å². The van der Waals surface area contributed by atoms with Gasteiger partial charge >= 0.3 is 0 Å². The van der Waals surface area contributed by atoms with Crippen LogP contribution in [0.1, 0.15) is 34.7 Å². The summed E-state index contributed by atoms with van der Waals surface area (Å²) in [4.78, 5) is 14.9. The van der Waals surface area contributed by atoms with E-state index in [1.165, 1.54) is 12.8 Å². The molecule has 1 fully saturated rings. The molecule has 1 aliphatic rings. The Morgan fingerprint density at radius 3 is 2.72 bits per heavy atom. The standard InChI is InChI=1S/C20H21N3O2/c1-14-7-10-19(25-14)17-11-18(22-21-17)20(24)23(13-16-8-9-16)12-15-5-3-2-4-6-15/h2-7,10-11,16H,8-9,12-13H2,1H3,(H,21,22). The fraction of sp³-hybridized carbons (Fsp3) is 0.300. The van der Waals surface area contributed by atoms with Crippen LogP contribution < -0.4 is 0 Å². The lowest BCUT2D eigenvalue weighted by Crippen LogP contribution is -2.32. The highest BCUT2D eigenvalue weighted by molar-refractivity contribution is 5.93. The van der Waals surface area contributed by atoms with Crippen LogP contribution in [-0.2, 0) is 6.54 Å². The summed E-state index contributed by atoms with van der Waals surface area (Å²) in [6.07, 6.45) is 2.41. The molecule has 1 amide bonds. The number of aromatic nitrogens is 2. The molecule has 25 heavy (non-hydrogen) atoms. The normalized spacial score (nSPS) is 13.8. The maximum Gasteiger partial charge on any atom is 0.274 e. The first kappa shape index (κ1) is 15.7. The van der Waals surface area contributed by atoms with E-state index in [1.807, 2.05) is 42.2 Å². The van der Waals surface area contributed by atoms with Gasteiger partial charge in [0.15, 0.2) is 11.5 Å². The van der Waals surface area contributed by atoms with Crippen molar-refractivity contribution in [3.05, 3.63) is 65.5 Å². The summed E-state index contributed by atoms with van der Waals surface area (Å²) in [5.41, 5.74) is 2.29. The summed E-state index contributed by atoms with van der Waals surface area (Å²) >= 11 is 0. The molecule has 0 radical (unpaired) electrons. The van der Waals surface area contributed by atoms with Crippen molar-refractivity contribution < 1.29 is 9.21 Å². The monoisotopic (exact) mass is 335 g/mol. The van der Waals surface area contributed by atoms with E-state index in [1.54, 1.807) is 6.07 Å². The molecule has 0 aliphatic heterocycles. The smallest absolute Gasteiger partial charge is 0.274 e. The Morgan fingerprint density at radius 1 is 1.24 bits per heavy atom. The van der Waals surface area contributed by atoms with Gasteiger partial charge in [-0.15, -0.1) is 0 Å². The third kappa shape index (κ3) is 3.65. The van der Waals surface area contributed by atoms with Gasteiger partial charge in [-0.2, -0.15) is 5.10 Å². The Balaban J connectivity index is 1.54. The maximum atomic E-state index is 13.0. The quantitative estimate of drug-likeness (QED) is 0.740. The molecule has 0 atom stereocenters. The zero-order valence-corrected chi connectivity index (χ0v) is 14.2. The molecule has 0 unspecified atom stereocenters. The number of nitrogens with zero attached hydrogens (tertiary/aromatic N) is 2. The highest BCUT2D eigenvalue weighted by Gasteiger charge is 2.28. The fourth-order valence-corrected chi connectivity index (χ4v) is 2.93. The largest absolute Gasteiger partial charge is 0.460 e. The molecular weight excluding hydrogens is 314 g/mol. The van der Waals surface area contributed by atoms with E-state index in [0.717, 1.165) is 23.6 Å². The molecule has 2 aromatic heterocycles. The Hall–Kier alpha value is -2.82. The van der Waals surface area contributed by atoms with E-state index in [0.29, 0.717) is 23.9 Å². The molecule has 4 rings (SSSR count). The Labute approximate surface area is 146 Å². The molecule has 0 saturated heterocycles. The van der Waals surface area contributed by atoms with Crippen LogP contribution >= 0.6 is 0 Å². The Morgan fingerprint density at radius 2 is 2.04 bits per heavy atom. The molecule has 1 aliphatic carbocycles. The summed E-state index contributed by atoms with van der Waals surface area (Å²) in [6, 6.07) is 15.6. The van der Waals surface area contributed by atoms with Gasteiger partial charge in [0, 0.05) is 19.2 Å². The number of furan rings is 1. The van der Waals surface area contributed by atoms with Crippen molar-refractivity contribution in [1.82, 2.24) is 15.1 Å². The predicted molar refractivity (Wildman–Crippen MR) is 94.9 cm³/mol. The van der Waals surface area contributed by atoms with Gasteiger partial charge in [0.05, 0.1) is 0 Å². The van der Waals surface area contributed by atoms with E-state index < -0.39 is 0 Å². The number of aryl methyl sites for hydroxylation is 1. The number of amides is 1. The average Bonchev–Trinajstić information content (AvgIpc) is 3.12. The van der Waals surface area contributed by atoms with Crippen LogP contribution in [0.2, 0.25) is 0 Å². The molecule has 1 saturated carbocycles. The number of carbonyl (C=O) groups is 1. The van der Waals surface area contributed by atoms with Crippen molar-refractivity contribution >= 4 is 5.91 Å². The lowest BCUT2D eigenvalue weighted by molar-refractivity contribution is 0.0729. The minimum atomic E-state index is -0.0402. The molecule has 0 spiro atoms. The van der Waals surface area contributed by atoms with Crippen LogP contribution in [0.3, 0.4) is 0 Å². The molecule has 5 heteroatoms. The lowest BCUT2D eigenvalue weighted by atomic mass is 10.2. The number of hydrogen-bond donors (Lipinski definition) is 1. The van der Waals surface area contributed by atoms with Crippen molar-refractivity contribution in [3.8, 4) is 11.5 Å². The number of hydrogen-bond acceptors (Lipinski definition) is 3. The van der Waals surface area contributed by atoms with Gasteiger partial charge in [0.1, 0.15) is 11.5 Å². The van der Waals surface area contributed by atoms with Crippen LogP contribution in [0.25, 0.3) is 11.5 Å². The topological polar surface area (TPSA) is 62.1 Å². The van der Waals surface area contributed by atoms with Gasteiger partial charge < -0.3 is 9.32 Å². The second-order valence-corrected chi connectivity index (χ2v) is 6.69. The average molecular weight is 335 g/mol. The summed E-state index contributed by atoms with van der Waals surface area (Å²) in [6.45, 7) is 3.29. The second-order valence-electron chi connectivity index (χ2n) is 6.69. The van der Waals surface area contributed by atoms with Gasteiger partial charge in [-0.1, -0.05) is 30.3 Å². The summed E-state index contributed by atoms with van der Waals surface area (Å²) in [5, 5.41) is 7.13. The molecule has 5 nitrogen and oxygen atoms in total. The number of H-pyrrole nitrogens is 1. The Kier molecular flexibility index (Phi) is 4.14. The zero-order valence-electron chi connectivity index (χ0n) is 14.2. The van der Waals surface area contributed by atoms with Crippen molar-refractivity contribution in [2.45, 2.75) is 26.3 Å². The second kappa shape index (κ2) is 6.59. The van der Waals surface area contributed by atoms with Crippen LogP contribution in [0.15, 0.2) is 52.9 Å². The van der Waals surface area contributed by atoms with Gasteiger partial charge in [-0.25, -0.2) is 0 Å². The fourth-order valence-electron chi connectivity index (χ4n) is 2.93. The third-order valence-electron chi connectivity index (χ3n) is 4.48. The number of carbonyl (C=O) groups excluding carboxylic acids is 1. The molecule has 1 N–H and O–H groups in total. The highest BCUT2D eigenvalue weighted by atomic mass is 16.3. The summed E-state index contributed by atoms with van der Waals surface area (Å²) in [7, 11) is 0. The van der Waals surface area contributed by atoms with Crippen LogP contribution in [0, 0.1) is 12.8 Å². The molecule has 0 bridgehead atoms. The van der Waals surface area contributed by atoms with Gasteiger partial charge in [-0.3, -0.25) is 9.89 Å². The minimum Gasteiger partial charge on any atom is -0.460 e.